The van der Waals surface area contributed by atoms with Crippen LogP contribution >= 0.6 is 11.3 Å². The van der Waals surface area contributed by atoms with E-state index in [9.17, 15) is 0 Å². The molecule has 1 aromatic heterocycles. The van der Waals surface area contributed by atoms with Crippen LogP contribution in [-0.4, -0.2) is 43.1 Å². The molecule has 0 aliphatic heterocycles. The number of ether oxygens (including phenoxy) is 1. The van der Waals surface area contributed by atoms with E-state index in [2.05, 4.69) is 48.2 Å². The van der Waals surface area contributed by atoms with Crippen molar-refractivity contribution in [2.45, 2.75) is 33.2 Å². The summed E-state index contributed by atoms with van der Waals surface area (Å²) in [6, 6.07) is 8.14. The lowest BCUT2D eigenvalue weighted by Crippen LogP contribution is -2.38. The van der Waals surface area contributed by atoms with E-state index in [1.807, 2.05) is 18.3 Å². The molecule has 0 amide bonds. The molecule has 0 unspecified atom stereocenters. The van der Waals surface area contributed by atoms with E-state index in [0.29, 0.717) is 0 Å². The Kier molecular flexibility index (Phi) is 7.73. The highest BCUT2D eigenvalue weighted by atomic mass is 32.1. The van der Waals surface area contributed by atoms with Gasteiger partial charge in [-0.15, -0.1) is 11.3 Å². The third kappa shape index (κ3) is 6.05. The molecule has 25 heavy (non-hydrogen) atoms. The first-order chi connectivity index (χ1) is 12.2. The van der Waals surface area contributed by atoms with Gasteiger partial charge >= 0.3 is 0 Å². The first-order valence-corrected chi connectivity index (χ1v) is 9.53. The standard InChI is InChI=1S/C19H28N4OS/c1-5-17-13-22-18(25-17)11-12-21-19(20-6-2)23(3)14-15-7-9-16(24-4)10-8-15/h7-10,13H,5-6,11-12,14H2,1-4H3,(H,20,21). The monoisotopic (exact) mass is 360 g/mol. The Morgan fingerprint density at radius 3 is 2.64 bits per heavy atom. The number of aliphatic imine (C=N–C) groups is 1. The minimum absolute atomic E-state index is 0.742. The minimum atomic E-state index is 0.742. The van der Waals surface area contributed by atoms with Gasteiger partial charge in [0.2, 0.25) is 0 Å². The predicted molar refractivity (Wildman–Crippen MR) is 106 cm³/mol. The topological polar surface area (TPSA) is 49.8 Å². The second-order valence-electron chi connectivity index (χ2n) is 5.76. The lowest BCUT2D eigenvalue weighted by atomic mass is 10.2. The predicted octanol–water partition coefficient (Wildman–Crippen LogP) is 3.35. The lowest BCUT2D eigenvalue weighted by Gasteiger charge is -2.22. The molecule has 0 spiro atoms. The molecule has 2 aromatic rings. The smallest absolute Gasteiger partial charge is 0.193 e. The van der Waals surface area contributed by atoms with Crippen molar-refractivity contribution in [2.75, 3.05) is 27.2 Å². The molecule has 1 aromatic carbocycles. The summed E-state index contributed by atoms with van der Waals surface area (Å²) in [5.41, 5.74) is 1.22. The number of methoxy groups -OCH3 is 1. The van der Waals surface area contributed by atoms with Crippen molar-refractivity contribution in [1.82, 2.24) is 15.2 Å². The summed E-state index contributed by atoms with van der Waals surface area (Å²) >= 11 is 1.79. The molecule has 2 rings (SSSR count). The van der Waals surface area contributed by atoms with Gasteiger partial charge in [-0.05, 0) is 31.0 Å². The van der Waals surface area contributed by atoms with Crippen LogP contribution in [0, 0.1) is 0 Å². The summed E-state index contributed by atoms with van der Waals surface area (Å²) < 4.78 is 5.21. The van der Waals surface area contributed by atoms with Gasteiger partial charge in [-0.1, -0.05) is 19.1 Å². The van der Waals surface area contributed by atoms with Crippen molar-refractivity contribution >= 4 is 17.3 Å². The maximum Gasteiger partial charge on any atom is 0.193 e. The fourth-order valence-corrected chi connectivity index (χ4v) is 3.29. The van der Waals surface area contributed by atoms with Crippen molar-refractivity contribution in [3.63, 3.8) is 0 Å². The molecule has 0 saturated heterocycles. The number of guanidine groups is 1. The van der Waals surface area contributed by atoms with Gasteiger partial charge < -0.3 is 15.0 Å². The van der Waals surface area contributed by atoms with Crippen molar-refractivity contribution in [3.05, 3.63) is 45.9 Å². The van der Waals surface area contributed by atoms with Crippen LogP contribution < -0.4 is 10.1 Å². The number of aromatic nitrogens is 1. The number of hydrogen-bond acceptors (Lipinski definition) is 4. The van der Waals surface area contributed by atoms with Crippen molar-refractivity contribution in [3.8, 4) is 5.75 Å². The Morgan fingerprint density at radius 1 is 1.28 bits per heavy atom. The van der Waals surface area contributed by atoms with Crippen LogP contribution in [0.15, 0.2) is 35.5 Å². The van der Waals surface area contributed by atoms with Gasteiger partial charge in [-0.3, -0.25) is 4.99 Å². The lowest BCUT2D eigenvalue weighted by molar-refractivity contribution is 0.414. The van der Waals surface area contributed by atoms with Gasteiger partial charge in [0, 0.05) is 44.2 Å². The zero-order valence-electron chi connectivity index (χ0n) is 15.6. The molecule has 0 saturated carbocycles. The third-order valence-corrected chi connectivity index (χ3v) is 5.01. The number of benzene rings is 1. The summed E-state index contributed by atoms with van der Waals surface area (Å²) in [6.45, 7) is 6.64. The van der Waals surface area contributed by atoms with Crippen LogP contribution in [0.25, 0.3) is 0 Å². The van der Waals surface area contributed by atoms with Gasteiger partial charge in [-0.2, -0.15) is 0 Å². The van der Waals surface area contributed by atoms with Crippen molar-refractivity contribution in [1.29, 1.82) is 0 Å². The average Bonchev–Trinajstić information content (AvgIpc) is 3.09. The van der Waals surface area contributed by atoms with E-state index in [-0.39, 0.29) is 0 Å². The van der Waals surface area contributed by atoms with E-state index in [0.717, 1.165) is 49.2 Å². The molecule has 0 aliphatic rings. The Bertz CT molecular complexity index is 666. The van der Waals surface area contributed by atoms with E-state index in [1.54, 1.807) is 18.4 Å². The number of rotatable bonds is 8. The molecule has 1 N–H and O–H groups in total. The summed E-state index contributed by atoms with van der Waals surface area (Å²) in [5.74, 6) is 1.80. The Labute approximate surface area is 154 Å². The maximum atomic E-state index is 5.21. The molecule has 6 heteroatoms. The first-order valence-electron chi connectivity index (χ1n) is 8.72. The minimum Gasteiger partial charge on any atom is -0.497 e. The van der Waals surface area contributed by atoms with Gasteiger partial charge in [-0.25, -0.2) is 4.98 Å². The fraction of sp³-hybridized carbons (Fsp3) is 0.474. The van der Waals surface area contributed by atoms with Crippen LogP contribution in [0.1, 0.15) is 29.3 Å². The van der Waals surface area contributed by atoms with Crippen LogP contribution in [0.4, 0.5) is 0 Å². The second-order valence-corrected chi connectivity index (χ2v) is 6.96. The van der Waals surface area contributed by atoms with Gasteiger partial charge in [0.15, 0.2) is 5.96 Å². The number of nitrogens with zero attached hydrogens (tertiary/aromatic N) is 3. The highest BCUT2D eigenvalue weighted by molar-refractivity contribution is 7.11. The molecule has 136 valence electrons. The molecule has 0 atom stereocenters. The van der Waals surface area contributed by atoms with Crippen LogP contribution in [0.5, 0.6) is 5.75 Å². The van der Waals surface area contributed by atoms with Gasteiger partial charge in [0.05, 0.1) is 12.1 Å². The van der Waals surface area contributed by atoms with Crippen LogP contribution in [0.3, 0.4) is 0 Å². The van der Waals surface area contributed by atoms with Crippen LogP contribution in [0.2, 0.25) is 0 Å². The number of thiazole rings is 1. The normalized spacial score (nSPS) is 11.4. The van der Waals surface area contributed by atoms with Gasteiger partial charge in [0.25, 0.3) is 0 Å². The molecule has 5 nitrogen and oxygen atoms in total. The molecule has 0 radical (unpaired) electrons. The number of hydrogen-bond donors (Lipinski definition) is 1. The zero-order valence-corrected chi connectivity index (χ0v) is 16.4. The van der Waals surface area contributed by atoms with Gasteiger partial charge in [0.1, 0.15) is 5.75 Å². The SMILES string of the molecule is CCNC(=NCCc1ncc(CC)s1)N(C)Cc1ccc(OC)cc1. The maximum absolute atomic E-state index is 5.21. The molecule has 0 fully saturated rings. The highest BCUT2D eigenvalue weighted by Gasteiger charge is 2.07. The zero-order chi connectivity index (χ0) is 18.1. The van der Waals surface area contributed by atoms with E-state index in [4.69, 9.17) is 9.73 Å². The third-order valence-electron chi connectivity index (χ3n) is 3.81. The number of aryl methyl sites for hydroxylation is 1. The summed E-state index contributed by atoms with van der Waals surface area (Å²) in [7, 11) is 3.74. The van der Waals surface area contributed by atoms with E-state index < -0.39 is 0 Å². The highest BCUT2D eigenvalue weighted by Crippen LogP contribution is 2.14. The molecular formula is C19H28N4OS. The van der Waals surface area contributed by atoms with E-state index >= 15 is 0 Å². The summed E-state index contributed by atoms with van der Waals surface area (Å²) in [5, 5.41) is 4.52. The molecular weight excluding hydrogens is 332 g/mol. The van der Waals surface area contributed by atoms with E-state index in [1.165, 1.54) is 10.4 Å². The average molecular weight is 361 g/mol. The van der Waals surface area contributed by atoms with Crippen LogP contribution in [-0.2, 0) is 19.4 Å². The Morgan fingerprint density at radius 2 is 2.04 bits per heavy atom. The largest absolute Gasteiger partial charge is 0.497 e. The Balaban J connectivity index is 1.94. The molecule has 0 bridgehead atoms. The van der Waals surface area contributed by atoms with Crippen molar-refractivity contribution < 1.29 is 4.74 Å². The molecule has 1 heterocycles. The molecule has 0 aliphatic carbocycles. The fourth-order valence-electron chi connectivity index (χ4n) is 2.43. The Hall–Kier alpha value is -2.08. The quantitative estimate of drug-likeness (QED) is 0.579. The second kappa shape index (κ2) is 10.0. The first kappa shape index (κ1) is 19.2. The summed E-state index contributed by atoms with van der Waals surface area (Å²) in [4.78, 5) is 12.7. The summed E-state index contributed by atoms with van der Waals surface area (Å²) in [6.07, 6.45) is 3.91. The number of nitrogens with one attached hydrogen (secondary N) is 1. The van der Waals surface area contributed by atoms with Crippen molar-refractivity contribution in [2.24, 2.45) is 4.99 Å².